The van der Waals surface area contributed by atoms with E-state index < -0.39 is 5.82 Å². The molecule has 0 aromatic heterocycles. The van der Waals surface area contributed by atoms with Gasteiger partial charge in [0.1, 0.15) is 5.82 Å². The molecule has 0 saturated carbocycles. The SMILES string of the molecule is Nc1c(F)cccc1C(=O)NC1CCc2ccccc21. The molecule has 0 aliphatic heterocycles. The number of rotatable bonds is 2. The van der Waals surface area contributed by atoms with E-state index in [9.17, 15) is 9.18 Å². The van der Waals surface area contributed by atoms with Gasteiger partial charge in [0.2, 0.25) is 0 Å². The molecule has 102 valence electrons. The number of hydrogen-bond donors (Lipinski definition) is 2. The predicted molar refractivity (Wildman–Crippen MR) is 75.8 cm³/mol. The molecule has 2 aromatic rings. The lowest BCUT2D eigenvalue weighted by molar-refractivity contribution is 0.0937. The van der Waals surface area contributed by atoms with E-state index in [1.54, 1.807) is 0 Å². The van der Waals surface area contributed by atoms with E-state index >= 15 is 0 Å². The van der Waals surface area contributed by atoms with E-state index in [1.807, 2.05) is 18.2 Å². The summed E-state index contributed by atoms with van der Waals surface area (Å²) in [6.45, 7) is 0. The summed E-state index contributed by atoms with van der Waals surface area (Å²) in [5.41, 5.74) is 8.09. The number of para-hydroxylation sites is 1. The highest BCUT2D eigenvalue weighted by Gasteiger charge is 2.24. The summed E-state index contributed by atoms with van der Waals surface area (Å²) in [5, 5.41) is 2.93. The molecular formula is C16H15FN2O. The van der Waals surface area contributed by atoms with Gasteiger partial charge in [0.25, 0.3) is 5.91 Å². The number of nitrogens with two attached hydrogens (primary N) is 1. The van der Waals surface area contributed by atoms with Crippen molar-refractivity contribution in [3.8, 4) is 0 Å². The first-order valence-electron chi connectivity index (χ1n) is 6.59. The van der Waals surface area contributed by atoms with Gasteiger partial charge in [-0.2, -0.15) is 0 Å². The Morgan fingerprint density at radius 2 is 2.00 bits per heavy atom. The van der Waals surface area contributed by atoms with Crippen molar-refractivity contribution < 1.29 is 9.18 Å². The van der Waals surface area contributed by atoms with E-state index in [2.05, 4.69) is 11.4 Å². The van der Waals surface area contributed by atoms with E-state index in [0.29, 0.717) is 0 Å². The second-order valence-electron chi connectivity index (χ2n) is 4.96. The molecule has 0 fully saturated rings. The average molecular weight is 270 g/mol. The molecule has 3 nitrogen and oxygen atoms in total. The molecule has 0 heterocycles. The Morgan fingerprint density at radius 1 is 1.20 bits per heavy atom. The maximum absolute atomic E-state index is 13.4. The number of aryl methyl sites for hydroxylation is 1. The number of benzene rings is 2. The molecule has 1 atom stereocenters. The first kappa shape index (κ1) is 12.7. The fourth-order valence-electron chi connectivity index (χ4n) is 2.68. The van der Waals surface area contributed by atoms with Crippen molar-refractivity contribution >= 4 is 11.6 Å². The van der Waals surface area contributed by atoms with E-state index in [0.717, 1.165) is 18.4 Å². The molecule has 0 bridgehead atoms. The van der Waals surface area contributed by atoms with Crippen LogP contribution in [0.5, 0.6) is 0 Å². The van der Waals surface area contributed by atoms with Gasteiger partial charge in [-0.15, -0.1) is 0 Å². The zero-order valence-electron chi connectivity index (χ0n) is 10.9. The summed E-state index contributed by atoms with van der Waals surface area (Å²) < 4.78 is 13.4. The zero-order valence-corrected chi connectivity index (χ0v) is 10.9. The summed E-state index contributed by atoms with van der Waals surface area (Å²) in [5.74, 6) is -0.895. The number of nitrogen functional groups attached to an aromatic ring is 1. The van der Waals surface area contributed by atoms with Crippen LogP contribution in [-0.4, -0.2) is 5.91 Å². The molecule has 1 aliphatic rings. The van der Waals surface area contributed by atoms with Gasteiger partial charge in [-0.05, 0) is 36.1 Å². The van der Waals surface area contributed by atoms with Crippen LogP contribution in [0.4, 0.5) is 10.1 Å². The average Bonchev–Trinajstić information content (AvgIpc) is 2.85. The predicted octanol–water partition coefficient (Wildman–Crippen LogP) is 2.83. The molecule has 1 amide bonds. The fourth-order valence-corrected chi connectivity index (χ4v) is 2.68. The molecule has 4 heteroatoms. The van der Waals surface area contributed by atoms with Gasteiger partial charge in [0.05, 0.1) is 17.3 Å². The summed E-state index contributed by atoms with van der Waals surface area (Å²) in [6.07, 6.45) is 1.81. The van der Waals surface area contributed by atoms with Gasteiger partial charge in [0, 0.05) is 0 Å². The van der Waals surface area contributed by atoms with Crippen molar-refractivity contribution in [2.75, 3.05) is 5.73 Å². The molecule has 0 saturated heterocycles. The van der Waals surface area contributed by atoms with E-state index in [-0.39, 0.29) is 23.2 Å². The summed E-state index contributed by atoms with van der Waals surface area (Å²) in [6, 6.07) is 12.3. The van der Waals surface area contributed by atoms with Gasteiger partial charge in [0.15, 0.2) is 0 Å². The Labute approximate surface area is 116 Å². The number of fused-ring (bicyclic) bond motifs is 1. The Hall–Kier alpha value is -2.36. The van der Waals surface area contributed by atoms with Gasteiger partial charge < -0.3 is 11.1 Å². The van der Waals surface area contributed by atoms with Gasteiger partial charge >= 0.3 is 0 Å². The topological polar surface area (TPSA) is 55.1 Å². The molecule has 0 radical (unpaired) electrons. The third-order valence-electron chi connectivity index (χ3n) is 3.74. The lowest BCUT2D eigenvalue weighted by Gasteiger charge is -2.15. The Morgan fingerprint density at radius 3 is 2.85 bits per heavy atom. The lowest BCUT2D eigenvalue weighted by Crippen LogP contribution is -2.28. The minimum absolute atomic E-state index is 0.0265. The molecule has 3 rings (SSSR count). The summed E-state index contributed by atoms with van der Waals surface area (Å²) in [7, 11) is 0. The molecule has 0 spiro atoms. The van der Waals surface area contributed by atoms with Crippen molar-refractivity contribution in [3.63, 3.8) is 0 Å². The second kappa shape index (κ2) is 4.96. The first-order chi connectivity index (χ1) is 9.66. The summed E-state index contributed by atoms with van der Waals surface area (Å²) >= 11 is 0. The first-order valence-corrected chi connectivity index (χ1v) is 6.59. The highest BCUT2D eigenvalue weighted by Crippen LogP contribution is 2.31. The number of carbonyl (C=O) groups is 1. The maximum atomic E-state index is 13.4. The Bertz CT molecular complexity index is 669. The number of amides is 1. The van der Waals surface area contributed by atoms with Crippen LogP contribution in [0, 0.1) is 5.82 Å². The highest BCUT2D eigenvalue weighted by molar-refractivity contribution is 5.99. The number of halogens is 1. The smallest absolute Gasteiger partial charge is 0.253 e. The van der Waals surface area contributed by atoms with Crippen LogP contribution in [0.15, 0.2) is 42.5 Å². The number of anilines is 1. The van der Waals surface area contributed by atoms with Crippen molar-refractivity contribution in [2.24, 2.45) is 0 Å². The quantitative estimate of drug-likeness (QED) is 0.824. The van der Waals surface area contributed by atoms with Gasteiger partial charge in [-0.1, -0.05) is 30.3 Å². The second-order valence-corrected chi connectivity index (χ2v) is 4.96. The molecule has 20 heavy (non-hydrogen) atoms. The number of carbonyl (C=O) groups excluding carboxylic acids is 1. The van der Waals surface area contributed by atoms with Crippen LogP contribution in [0.2, 0.25) is 0 Å². The van der Waals surface area contributed by atoms with Gasteiger partial charge in [-0.3, -0.25) is 4.79 Å². The van der Waals surface area contributed by atoms with Crippen molar-refractivity contribution in [2.45, 2.75) is 18.9 Å². The third kappa shape index (κ3) is 2.13. The van der Waals surface area contributed by atoms with Crippen LogP contribution in [0.25, 0.3) is 0 Å². The molecule has 2 aromatic carbocycles. The molecule has 3 N–H and O–H groups in total. The van der Waals surface area contributed by atoms with Crippen molar-refractivity contribution in [1.82, 2.24) is 5.32 Å². The molecule has 1 unspecified atom stereocenters. The molecular weight excluding hydrogens is 255 g/mol. The Balaban J connectivity index is 1.83. The van der Waals surface area contributed by atoms with Crippen LogP contribution < -0.4 is 11.1 Å². The minimum Gasteiger partial charge on any atom is -0.396 e. The Kier molecular flexibility index (Phi) is 3.14. The third-order valence-corrected chi connectivity index (χ3v) is 3.74. The van der Waals surface area contributed by atoms with Crippen LogP contribution >= 0.6 is 0 Å². The fraction of sp³-hybridized carbons (Fsp3) is 0.188. The minimum atomic E-state index is -0.565. The highest BCUT2D eigenvalue weighted by atomic mass is 19.1. The van der Waals surface area contributed by atoms with Crippen LogP contribution in [-0.2, 0) is 6.42 Å². The monoisotopic (exact) mass is 270 g/mol. The number of nitrogens with one attached hydrogen (secondary N) is 1. The van der Waals surface area contributed by atoms with Crippen LogP contribution in [0.3, 0.4) is 0 Å². The maximum Gasteiger partial charge on any atom is 0.253 e. The van der Waals surface area contributed by atoms with E-state index in [1.165, 1.54) is 23.8 Å². The zero-order chi connectivity index (χ0) is 14.1. The normalized spacial score (nSPS) is 16.8. The largest absolute Gasteiger partial charge is 0.396 e. The standard InChI is InChI=1S/C16H15FN2O/c17-13-7-3-6-12(15(13)18)16(20)19-14-9-8-10-4-1-2-5-11(10)14/h1-7,14H,8-9,18H2,(H,19,20). The van der Waals surface area contributed by atoms with Crippen molar-refractivity contribution in [1.29, 1.82) is 0 Å². The van der Waals surface area contributed by atoms with E-state index in [4.69, 9.17) is 5.73 Å². The lowest BCUT2D eigenvalue weighted by atomic mass is 10.1. The number of hydrogen-bond acceptors (Lipinski definition) is 2. The molecule has 1 aliphatic carbocycles. The van der Waals surface area contributed by atoms with Crippen molar-refractivity contribution in [3.05, 3.63) is 65.0 Å². The van der Waals surface area contributed by atoms with Crippen LogP contribution in [0.1, 0.15) is 33.9 Å². The van der Waals surface area contributed by atoms with Gasteiger partial charge in [-0.25, -0.2) is 4.39 Å². The summed E-state index contributed by atoms with van der Waals surface area (Å²) in [4.78, 5) is 12.2.